The maximum atomic E-state index is 12.5. The lowest BCUT2D eigenvalue weighted by molar-refractivity contribution is 0.0619. The molecule has 3 nitrogen and oxygen atoms in total. The molecule has 0 radical (unpaired) electrons. The summed E-state index contributed by atoms with van der Waals surface area (Å²) in [5.74, 6) is 0.741. The van der Waals surface area contributed by atoms with Crippen LogP contribution in [0.4, 0.5) is 0 Å². The fourth-order valence-corrected chi connectivity index (χ4v) is 3.07. The highest BCUT2D eigenvalue weighted by Gasteiger charge is 2.34. The van der Waals surface area contributed by atoms with Crippen molar-refractivity contribution in [2.45, 2.75) is 38.8 Å². The maximum Gasteiger partial charge on any atom is 0.251 e. The van der Waals surface area contributed by atoms with Crippen LogP contribution in [0.5, 0.6) is 5.75 Å². The Morgan fingerprint density at radius 1 is 1.22 bits per heavy atom. The Hall–Kier alpha value is -2.00. The minimum atomic E-state index is -0.319. The number of carbonyl (C=O) groups excluding carboxylic acids is 1. The van der Waals surface area contributed by atoms with E-state index in [0.29, 0.717) is 10.6 Å². The number of aryl methyl sites for hydroxylation is 1. The smallest absolute Gasteiger partial charge is 0.251 e. The molecule has 1 aliphatic heterocycles. The highest BCUT2D eigenvalue weighted by atomic mass is 35.5. The zero-order valence-electron chi connectivity index (χ0n) is 13.5. The van der Waals surface area contributed by atoms with Crippen LogP contribution < -0.4 is 10.1 Å². The molecule has 120 valence electrons. The minimum Gasteiger partial charge on any atom is -0.487 e. The van der Waals surface area contributed by atoms with Gasteiger partial charge in [-0.05, 0) is 51.1 Å². The third-order valence-corrected chi connectivity index (χ3v) is 4.29. The van der Waals surface area contributed by atoms with Gasteiger partial charge in [-0.2, -0.15) is 0 Å². The van der Waals surface area contributed by atoms with Crippen LogP contribution in [0, 0.1) is 6.92 Å². The average Bonchev–Trinajstić information content (AvgIpc) is 2.48. The van der Waals surface area contributed by atoms with E-state index in [1.165, 1.54) is 0 Å². The number of halogens is 1. The van der Waals surface area contributed by atoms with Crippen LogP contribution in [0.15, 0.2) is 42.5 Å². The second kappa shape index (κ2) is 5.89. The third kappa shape index (κ3) is 3.50. The van der Waals surface area contributed by atoms with Crippen molar-refractivity contribution in [3.63, 3.8) is 0 Å². The molecule has 4 heteroatoms. The average molecular weight is 330 g/mol. The maximum absolute atomic E-state index is 12.5. The second-order valence-corrected chi connectivity index (χ2v) is 7.08. The van der Waals surface area contributed by atoms with E-state index in [9.17, 15) is 4.79 Å². The molecular weight excluding hydrogens is 310 g/mol. The molecule has 1 N–H and O–H groups in total. The number of nitrogens with one attached hydrogen (secondary N) is 1. The van der Waals surface area contributed by atoms with Gasteiger partial charge in [0, 0.05) is 22.6 Å². The predicted octanol–water partition coefficient (Wildman–Crippen LogP) is 4.68. The lowest BCUT2D eigenvalue weighted by Crippen LogP contribution is -2.41. The number of fused-ring (bicyclic) bond motifs is 1. The summed E-state index contributed by atoms with van der Waals surface area (Å²) >= 11 is 5.88. The zero-order valence-corrected chi connectivity index (χ0v) is 14.3. The van der Waals surface area contributed by atoms with E-state index >= 15 is 0 Å². The summed E-state index contributed by atoms with van der Waals surface area (Å²) in [5, 5.41) is 3.75. The van der Waals surface area contributed by atoms with Crippen LogP contribution in [-0.2, 0) is 0 Å². The van der Waals surface area contributed by atoms with Gasteiger partial charge in [-0.15, -0.1) is 0 Å². The van der Waals surface area contributed by atoms with Gasteiger partial charge in [-0.3, -0.25) is 4.79 Å². The molecule has 1 heterocycles. The topological polar surface area (TPSA) is 38.3 Å². The van der Waals surface area contributed by atoms with Crippen LogP contribution in [0.25, 0.3) is 0 Å². The molecule has 0 unspecified atom stereocenters. The van der Waals surface area contributed by atoms with Crippen molar-refractivity contribution in [1.29, 1.82) is 0 Å². The van der Waals surface area contributed by atoms with E-state index < -0.39 is 0 Å². The summed E-state index contributed by atoms with van der Waals surface area (Å²) in [6, 6.07) is 12.9. The van der Waals surface area contributed by atoms with Gasteiger partial charge < -0.3 is 10.1 Å². The number of hydrogen-bond acceptors (Lipinski definition) is 2. The standard InChI is InChI=1S/C19H20ClNO2/c1-12-4-9-17-15(10-12)16(11-19(2,3)23-17)21-18(22)13-5-7-14(20)8-6-13/h4-10,16H,11H2,1-3H3,(H,21,22)/t16-/m0/s1. The normalized spacial score (nSPS) is 18.7. The van der Waals surface area contributed by atoms with Crippen molar-refractivity contribution in [3.8, 4) is 5.75 Å². The summed E-state index contributed by atoms with van der Waals surface area (Å²) in [4.78, 5) is 12.5. The van der Waals surface area contributed by atoms with Gasteiger partial charge in [0.25, 0.3) is 5.91 Å². The Morgan fingerprint density at radius 2 is 1.91 bits per heavy atom. The first kappa shape index (κ1) is 15.9. The van der Waals surface area contributed by atoms with E-state index in [4.69, 9.17) is 16.3 Å². The molecule has 1 aliphatic rings. The molecule has 0 saturated heterocycles. The molecular formula is C19H20ClNO2. The molecule has 2 aromatic carbocycles. The van der Waals surface area contributed by atoms with Gasteiger partial charge in [0.2, 0.25) is 0 Å². The van der Waals surface area contributed by atoms with Crippen molar-refractivity contribution in [2.75, 3.05) is 0 Å². The van der Waals surface area contributed by atoms with Gasteiger partial charge in [0.05, 0.1) is 6.04 Å². The first-order valence-corrected chi connectivity index (χ1v) is 8.08. The number of benzene rings is 2. The van der Waals surface area contributed by atoms with Crippen LogP contribution in [0.1, 0.15) is 47.8 Å². The summed E-state index contributed by atoms with van der Waals surface area (Å²) in [6.45, 7) is 6.12. The lowest BCUT2D eigenvalue weighted by Gasteiger charge is -2.38. The Bertz CT molecular complexity index is 738. The fraction of sp³-hybridized carbons (Fsp3) is 0.316. The van der Waals surface area contributed by atoms with E-state index in [0.717, 1.165) is 23.3 Å². The molecule has 0 aromatic heterocycles. The molecule has 3 rings (SSSR count). The Balaban J connectivity index is 1.88. The molecule has 1 amide bonds. The molecule has 2 aromatic rings. The predicted molar refractivity (Wildman–Crippen MR) is 92.2 cm³/mol. The third-order valence-electron chi connectivity index (χ3n) is 4.03. The summed E-state index contributed by atoms with van der Waals surface area (Å²) < 4.78 is 6.04. The minimum absolute atomic E-state index is 0.0724. The SMILES string of the molecule is Cc1ccc2c(c1)[C@@H](NC(=O)c1ccc(Cl)cc1)CC(C)(C)O2. The number of carbonyl (C=O) groups is 1. The van der Waals surface area contributed by atoms with Gasteiger partial charge in [-0.25, -0.2) is 0 Å². The Morgan fingerprint density at radius 3 is 2.61 bits per heavy atom. The van der Waals surface area contributed by atoms with Crippen LogP contribution in [0.3, 0.4) is 0 Å². The zero-order chi connectivity index (χ0) is 16.6. The van der Waals surface area contributed by atoms with Gasteiger partial charge in [-0.1, -0.05) is 29.3 Å². The van der Waals surface area contributed by atoms with Gasteiger partial charge in [0.1, 0.15) is 11.4 Å². The van der Waals surface area contributed by atoms with Crippen LogP contribution >= 0.6 is 11.6 Å². The van der Waals surface area contributed by atoms with Crippen molar-refractivity contribution in [3.05, 3.63) is 64.2 Å². The van der Waals surface area contributed by atoms with E-state index in [2.05, 4.69) is 11.4 Å². The molecule has 0 spiro atoms. The fourth-order valence-electron chi connectivity index (χ4n) is 2.95. The van der Waals surface area contributed by atoms with E-state index in [1.54, 1.807) is 24.3 Å². The monoisotopic (exact) mass is 329 g/mol. The largest absolute Gasteiger partial charge is 0.487 e. The van der Waals surface area contributed by atoms with Crippen LogP contribution in [0.2, 0.25) is 5.02 Å². The summed E-state index contributed by atoms with van der Waals surface area (Å²) in [5.41, 5.74) is 2.47. The first-order chi connectivity index (χ1) is 10.8. The van der Waals surface area contributed by atoms with Crippen LogP contribution in [-0.4, -0.2) is 11.5 Å². The molecule has 0 bridgehead atoms. The van der Waals surface area contributed by atoms with E-state index in [1.807, 2.05) is 32.9 Å². The molecule has 0 saturated carbocycles. The van der Waals surface area contributed by atoms with Crippen molar-refractivity contribution in [1.82, 2.24) is 5.32 Å². The van der Waals surface area contributed by atoms with E-state index in [-0.39, 0.29) is 17.6 Å². The Labute approximate surface area is 141 Å². The van der Waals surface area contributed by atoms with Gasteiger partial charge >= 0.3 is 0 Å². The highest BCUT2D eigenvalue weighted by molar-refractivity contribution is 6.30. The van der Waals surface area contributed by atoms with Gasteiger partial charge in [0.15, 0.2) is 0 Å². The molecule has 0 aliphatic carbocycles. The quantitative estimate of drug-likeness (QED) is 0.868. The van der Waals surface area contributed by atoms with Crippen molar-refractivity contribution >= 4 is 17.5 Å². The number of amides is 1. The number of rotatable bonds is 2. The molecule has 0 fully saturated rings. The number of ether oxygens (including phenoxy) is 1. The van der Waals surface area contributed by atoms with Crippen molar-refractivity contribution < 1.29 is 9.53 Å². The second-order valence-electron chi connectivity index (χ2n) is 6.64. The molecule has 1 atom stereocenters. The Kier molecular flexibility index (Phi) is 4.07. The summed E-state index contributed by atoms with van der Waals surface area (Å²) in [6.07, 6.45) is 0.725. The first-order valence-electron chi connectivity index (χ1n) is 7.70. The lowest BCUT2D eigenvalue weighted by atomic mass is 9.88. The molecule has 23 heavy (non-hydrogen) atoms. The highest BCUT2D eigenvalue weighted by Crippen LogP contribution is 2.39. The number of hydrogen-bond donors (Lipinski definition) is 1. The van der Waals surface area contributed by atoms with Crippen molar-refractivity contribution in [2.24, 2.45) is 0 Å². The summed E-state index contributed by atoms with van der Waals surface area (Å²) in [7, 11) is 0.